The fraction of sp³-hybridized carbons (Fsp3) is 0.739. The maximum atomic E-state index is 13.1. The molecule has 0 aliphatic rings. The maximum Gasteiger partial charge on any atom is 0.326 e. The summed E-state index contributed by atoms with van der Waals surface area (Å²) >= 11 is 0. The van der Waals surface area contributed by atoms with Crippen LogP contribution < -0.4 is 33.2 Å². The van der Waals surface area contributed by atoms with E-state index in [1.54, 1.807) is 20.8 Å². The monoisotopic (exact) mass is 529 g/mol. The number of amides is 3. The molecule has 0 aromatic rings. The number of nitrogens with one attached hydrogen (secondary N) is 3. The number of carboxylic acid groups (broad SMARTS) is 2. The Morgan fingerprint density at radius 2 is 1.38 bits per heavy atom. The van der Waals surface area contributed by atoms with Crippen molar-refractivity contribution in [3.63, 3.8) is 0 Å². The summed E-state index contributed by atoms with van der Waals surface area (Å²) in [6.07, 6.45) is 0.782. The van der Waals surface area contributed by atoms with Crippen molar-refractivity contribution in [1.29, 1.82) is 0 Å². The Balaban J connectivity index is 5.61. The second-order valence-electron chi connectivity index (χ2n) is 9.12. The molecule has 11 N–H and O–H groups in total. The van der Waals surface area contributed by atoms with Crippen molar-refractivity contribution >= 4 is 35.6 Å². The summed E-state index contributed by atoms with van der Waals surface area (Å²) in [5, 5.41) is 26.1. The third kappa shape index (κ3) is 12.9. The summed E-state index contributed by atoms with van der Waals surface area (Å²) in [5.41, 5.74) is 16.4. The Morgan fingerprint density at radius 3 is 1.86 bits per heavy atom. The summed E-state index contributed by atoms with van der Waals surface area (Å²) in [5.74, 6) is -5.26. The Bertz CT molecular complexity index is 817. The highest BCUT2D eigenvalue weighted by molar-refractivity contribution is 5.94. The largest absolute Gasteiger partial charge is 0.481 e. The van der Waals surface area contributed by atoms with Crippen LogP contribution in [0.5, 0.6) is 0 Å². The Kier molecular flexibility index (Phi) is 15.5. The van der Waals surface area contributed by atoms with E-state index in [9.17, 15) is 29.1 Å². The maximum absolute atomic E-state index is 13.1. The van der Waals surface area contributed by atoms with Crippen molar-refractivity contribution in [1.82, 2.24) is 16.0 Å². The van der Waals surface area contributed by atoms with Crippen molar-refractivity contribution in [2.75, 3.05) is 6.54 Å². The Hall–Kier alpha value is -3.42. The highest BCUT2D eigenvalue weighted by Gasteiger charge is 2.33. The smallest absolute Gasteiger partial charge is 0.326 e. The van der Waals surface area contributed by atoms with Gasteiger partial charge in [0.1, 0.15) is 18.1 Å². The van der Waals surface area contributed by atoms with Gasteiger partial charge in [0.05, 0.1) is 6.04 Å². The molecule has 0 saturated heterocycles. The van der Waals surface area contributed by atoms with Gasteiger partial charge in [-0.15, -0.1) is 0 Å². The molecule has 0 rings (SSSR count). The van der Waals surface area contributed by atoms with Gasteiger partial charge in [0.25, 0.3) is 0 Å². The molecule has 6 unspecified atom stereocenters. The molecule has 6 atom stereocenters. The van der Waals surface area contributed by atoms with Crippen molar-refractivity contribution in [2.24, 2.45) is 34.0 Å². The van der Waals surface area contributed by atoms with Gasteiger partial charge in [0, 0.05) is 13.0 Å². The van der Waals surface area contributed by atoms with Crippen LogP contribution in [0.1, 0.15) is 66.2 Å². The molecule has 14 nitrogen and oxygen atoms in total. The first-order valence-electron chi connectivity index (χ1n) is 12.4. The lowest BCUT2D eigenvalue weighted by Crippen LogP contribution is -2.59. The lowest BCUT2D eigenvalue weighted by Gasteiger charge is -2.28. The minimum atomic E-state index is -1.27. The zero-order valence-electron chi connectivity index (χ0n) is 22.0. The third-order valence-corrected chi connectivity index (χ3v) is 6.19. The van der Waals surface area contributed by atoms with Gasteiger partial charge in [-0.05, 0) is 31.1 Å². The molecule has 37 heavy (non-hydrogen) atoms. The van der Waals surface area contributed by atoms with E-state index >= 15 is 0 Å². The number of nitrogens with two attached hydrogens (primary N) is 3. The number of carbonyl (C=O) groups is 5. The summed E-state index contributed by atoms with van der Waals surface area (Å²) in [6, 6.07) is -4.55. The van der Waals surface area contributed by atoms with E-state index in [4.69, 9.17) is 22.3 Å². The number of aliphatic carboxylic acids is 2. The Labute approximate surface area is 217 Å². The van der Waals surface area contributed by atoms with E-state index in [0.29, 0.717) is 12.8 Å². The molecule has 0 heterocycles. The van der Waals surface area contributed by atoms with Gasteiger partial charge in [-0.3, -0.25) is 24.2 Å². The quantitative estimate of drug-likeness (QED) is 0.0601. The lowest BCUT2D eigenvalue weighted by atomic mass is 9.96. The molecular formula is C23H43N7O7. The predicted octanol–water partition coefficient (Wildman–Crippen LogP) is -1.14. The number of carbonyl (C=O) groups excluding carboxylic acids is 3. The molecule has 14 heteroatoms. The van der Waals surface area contributed by atoms with E-state index < -0.39 is 66.2 Å². The van der Waals surface area contributed by atoms with Crippen molar-refractivity contribution in [3.8, 4) is 0 Å². The second-order valence-corrected chi connectivity index (χ2v) is 9.12. The van der Waals surface area contributed by atoms with Crippen LogP contribution >= 0.6 is 0 Å². The molecule has 0 aliphatic carbocycles. The van der Waals surface area contributed by atoms with E-state index in [0.717, 1.165) is 0 Å². The van der Waals surface area contributed by atoms with Gasteiger partial charge >= 0.3 is 11.9 Å². The fourth-order valence-corrected chi connectivity index (χ4v) is 3.30. The van der Waals surface area contributed by atoms with Gasteiger partial charge in [-0.2, -0.15) is 0 Å². The summed E-state index contributed by atoms with van der Waals surface area (Å²) < 4.78 is 0. The molecule has 0 aromatic carbocycles. The van der Waals surface area contributed by atoms with Gasteiger partial charge in [0.2, 0.25) is 17.7 Å². The average molecular weight is 530 g/mol. The number of nitrogens with zero attached hydrogens (tertiary/aromatic N) is 1. The minimum absolute atomic E-state index is 0.0455. The van der Waals surface area contributed by atoms with Gasteiger partial charge in [0.15, 0.2) is 5.96 Å². The van der Waals surface area contributed by atoms with Gasteiger partial charge < -0.3 is 43.4 Å². The van der Waals surface area contributed by atoms with Crippen LogP contribution in [-0.2, 0) is 24.0 Å². The topological polar surface area (TPSA) is 252 Å². The van der Waals surface area contributed by atoms with E-state index in [-0.39, 0.29) is 37.7 Å². The fourth-order valence-electron chi connectivity index (χ4n) is 3.30. The zero-order valence-corrected chi connectivity index (χ0v) is 22.0. The number of aliphatic imine (C=N–C) groups is 1. The normalized spacial score (nSPS) is 15.7. The van der Waals surface area contributed by atoms with Crippen LogP contribution in [0, 0.1) is 11.8 Å². The number of guanidine groups is 1. The first-order chi connectivity index (χ1) is 17.2. The van der Waals surface area contributed by atoms with E-state index in [1.165, 1.54) is 0 Å². The van der Waals surface area contributed by atoms with Crippen LogP contribution in [0.2, 0.25) is 0 Å². The number of hydrogen-bond acceptors (Lipinski definition) is 7. The van der Waals surface area contributed by atoms with Crippen molar-refractivity contribution in [2.45, 2.75) is 90.4 Å². The summed E-state index contributed by atoms with van der Waals surface area (Å²) in [4.78, 5) is 65.2. The highest BCUT2D eigenvalue weighted by Crippen LogP contribution is 2.12. The molecule has 0 aromatic heterocycles. The first-order valence-corrected chi connectivity index (χ1v) is 12.4. The molecule has 0 fully saturated rings. The van der Waals surface area contributed by atoms with Crippen LogP contribution in [0.25, 0.3) is 0 Å². The van der Waals surface area contributed by atoms with Crippen LogP contribution in [0.3, 0.4) is 0 Å². The minimum Gasteiger partial charge on any atom is -0.481 e. The lowest BCUT2D eigenvalue weighted by molar-refractivity contribution is -0.143. The molecule has 0 radical (unpaired) electrons. The first kappa shape index (κ1) is 33.6. The molecule has 0 bridgehead atoms. The predicted molar refractivity (Wildman–Crippen MR) is 137 cm³/mol. The number of rotatable bonds is 18. The van der Waals surface area contributed by atoms with Gasteiger partial charge in [-0.25, -0.2) is 4.79 Å². The zero-order chi connectivity index (χ0) is 28.7. The van der Waals surface area contributed by atoms with E-state index in [1.807, 2.05) is 6.92 Å². The van der Waals surface area contributed by atoms with Crippen molar-refractivity contribution in [3.05, 3.63) is 0 Å². The molecular weight excluding hydrogens is 486 g/mol. The highest BCUT2D eigenvalue weighted by atomic mass is 16.4. The number of carboxylic acids is 2. The van der Waals surface area contributed by atoms with Crippen LogP contribution in [0.15, 0.2) is 4.99 Å². The van der Waals surface area contributed by atoms with E-state index in [2.05, 4.69) is 20.9 Å². The molecule has 0 aliphatic heterocycles. The van der Waals surface area contributed by atoms with Gasteiger partial charge in [-0.1, -0.05) is 40.5 Å². The third-order valence-electron chi connectivity index (χ3n) is 6.19. The summed E-state index contributed by atoms with van der Waals surface area (Å²) in [6.45, 7) is 7.29. The molecule has 3 amide bonds. The van der Waals surface area contributed by atoms with Crippen LogP contribution in [-0.4, -0.2) is 76.5 Å². The number of hydrogen-bond donors (Lipinski definition) is 8. The molecule has 0 saturated carbocycles. The second kappa shape index (κ2) is 17.1. The Morgan fingerprint density at radius 1 is 0.811 bits per heavy atom. The van der Waals surface area contributed by atoms with Crippen LogP contribution in [0.4, 0.5) is 0 Å². The van der Waals surface area contributed by atoms with Crippen molar-refractivity contribution < 1.29 is 34.2 Å². The summed E-state index contributed by atoms with van der Waals surface area (Å²) in [7, 11) is 0. The molecule has 0 spiro atoms. The SMILES string of the molecule is CCC(C)C(N)C(=O)NC(CCC(=O)O)C(=O)NC(C(=O)NC(CCCN=C(N)N)C(=O)O)C(C)CC. The standard InChI is InChI=1S/C23H43N7O7/c1-5-12(3)17(24)20(34)28-14(9-10-16(31)32)19(33)30-18(13(4)6-2)21(35)29-15(22(36)37)8-7-11-27-23(25)26/h12-15,17-18H,5-11,24H2,1-4H3,(H,28,34)(H,29,35)(H,30,33)(H,31,32)(H,36,37)(H4,25,26,27). The average Bonchev–Trinajstić information content (AvgIpc) is 2.84. The molecule has 212 valence electrons.